The van der Waals surface area contributed by atoms with Crippen molar-refractivity contribution in [2.75, 3.05) is 0 Å². The number of hydrogen-bond donors (Lipinski definition) is 1. The first-order valence-corrected chi connectivity index (χ1v) is 5.76. The minimum absolute atomic E-state index is 0.00111. The number of benzene rings is 1. The van der Waals surface area contributed by atoms with Crippen molar-refractivity contribution < 1.29 is 13.0 Å². The highest BCUT2D eigenvalue weighted by molar-refractivity contribution is 7.85. The Kier molecular flexibility index (Phi) is 3.93. The molecule has 15 heavy (non-hydrogen) atoms. The van der Waals surface area contributed by atoms with Crippen LogP contribution in [0.1, 0.15) is 13.8 Å². The second-order valence-corrected chi connectivity index (χ2v) is 5.21. The van der Waals surface area contributed by atoms with Gasteiger partial charge in [0.05, 0.1) is 20.9 Å². The first kappa shape index (κ1) is 12.3. The average Bonchev–Trinajstić information content (AvgIpc) is 2.15. The van der Waals surface area contributed by atoms with Crippen LogP contribution in [0.5, 0.6) is 0 Å². The normalized spacial score (nSPS) is 17.1. The van der Waals surface area contributed by atoms with E-state index in [0.717, 1.165) is 12.1 Å². The van der Waals surface area contributed by atoms with Crippen LogP contribution in [0, 0.1) is 11.6 Å². The van der Waals surface area contributed by atoms with Gasteiger partial charge in [-0.25, -0.2) is 8.78 Å². The molecule has 0 aliphatic heterocycles. The predicted molar refractivity (Wildman–Crippen MR) is 55.9 cm³/mol. The zero-order chi connectivity index (χ0) is 11.6. The molecule has 0 aliphatic rings. The van der Waals surface area contributed by atoms with Crippen LogP contribution in [0.15, 0.2) is 23.1 Å². The van der Waals surface area contributed by atoms with E-state index in [1.807, 2.05) is 0 Å². The molecular weight excluding hydrogens is 220 g/mol. The third kappa shape index (κ3) is 2.82. The van der Waals surface area contributed by atoms with Crippen LogP contribution in [-0.4, -0.2) is 15.5 Å². The molecule has 0 heterocycles. The fourth-order valence-electron chi connectivity index (χ4n) is 1.03. The maximum absolute atomic E-state index is 13.3. The highest BCUT2D eigenvalue weighted by Gasteiger charge is 2.20. The van der Waals surface area contributed by atoms with Gasteiger partial charge in [-0.05, 0) is 26.0 Å². The first-order valence-electron chi connectivity index (χ1n) is 4.54. The van der Waals surface area contributed by atoms with Crippen molar-refractivity contribution >= 4 is 10.8 Å². The molecule has 3 atom stereocenters. The van der Waals surface area contributed by atoms with Crippen molar-refractivity contribution in [3.05, 3.63) is 29.8 Å². The minimum Gasteiger partial charge on any atom is -0.327 e. The van der Waals surface area contributed by atoms with Crippen molar-refractivity contribution in [2.45, 2.75) is 30.0 Å². The van der Waals surface area contributed by atoms with Gasteiger partial charge >= 0.3 is 0 Å². The lowest BCUT2D eigenvalue weighted by Gasteiger charge is -2.15. The molecule has 0 bridgehead atoms. The fourth-order valence-corrected chi connectivity index (χ4v) is 2.28. The van der Waals surface area contributed by atoms with E-state index in [9.17, 15) is 13.0 Å². The van der Waals surface area contributed by atoms with Crippen LogP contribution in [0.2, 0.25) is 0 Å². The molecule has 0 aromatic heterocycles. The summed E-state index contributed by atoms with van der Waals surface area (Å²) in [5, 5.41) is -0.370. The number of hydrogen-bond acceptors (Lipinski definition) is 2. The Morgan fingerprint density at radius 2 is 1.93 bits per heavy atom. The maximum Gasteiger partial charge on any atom is 0.142 e. The molecule has 5 heteroatoms. The van der Waals surface area contributed by atoms with E-state index >= 15 is 0 Å². The summed E-state index contributed by atoms with van der Waals surface area (Å²) < 4.78 is 37.6. The minimum atomic E-state index is -1.54. The molecular formula is C10H13F2NOS. The van der Waals surface area contributed by atoms with E-state index in [0.29, 0.717) is 0 Å². The summed E-state index contributed by atoms with van der Waals surface area (Å²) in [6.45, 7) is 3.37. The third-order valence-electron chi connectivity index (χ3n) is 2.19. The summed E-state index contributed by atoms with van der Waals surface area (Å²) in [6.07, 6.45) is 0. The van der Waals surface area contributed by atoms with Gasteiger partial charge in [-0.1, -0.05) is 0 Å². The van der Waals surface area contributed by atoms with Crippen LogP contribution in [0.3, 0.4) is 0 Å². The summed E-state index contributed by atoms with van der Waals surface area (Å²) >= 11 is 0. The summed E-state index contributed by atoms with van der Waals surface area (Å²) in [5.74, 6) is -1.47. The third-order valence-corrected chi connectivity index (χ3v) is 4.06. The van der Waals surface area contributed by atoms with Crippen molar-refractivity contribution in [2.24, 2.45) is 5.73 Å². The molecule has 2 N–H and O–H groups in total. The molecule has 2 nitrogen and oxygen atoms in total. The molecule has 0 amide bonds. The molecule has 3 unspecified atom stereocenters. The van der Waals surface area contributed by atoms with E-state index in [2.05, 4.69) is 0 Å². The van der Waals surface area contributed by atoms with Gasteiger partial charge in [0, 0.05) is 12.1 Å². The number of halogens is 2. The Labute approximate surface area is 89.9 Å². The fraction of sp³-hybridized carbons (Fsp3) is 0.400. The molecule has 1 aromatic carbocycles. The van der Waals surface area contributed by atoms with Gasteiger partial charge in [-0.2, -0.15) is 0 Å². The van der Waals surface area contributed by atoms with Crippen molar-refractivity contribution in [1.82, 2.24) is 0 Å². The van der Waals surface area contributed by atoms with E-state index in [1.54, 1.807) is 13.8 Å². The Bertz CT molecular complexity index is 382. The van der Waals surface area contributed by atoms with Crippen LogP contribution >= 0.6 is 0 Å². The van der Waals surface area contributed by atoms with Gasteiger partial charge in [0.1, 0.15) is 11.6 Å². The largest absolute Gasteiger partial charge is 0.327 e. The zero-order valence-corrected chi connectivity index (χ0v) is 9.35. The van der Waals surface area contributed by atoms with Gasteiger partial charge in [0.15, 0.2) is 0 Å². The molecule has 0 aliphatic carbocycles. The Balaban J connectivity index is 3.01. The molecule has 0 radical (unpaired) electrons. The predicted octanol–water partition coefficient (Wildman–Crippen LogP) is 1.81. The van der Waals surface area contributed by atoms with Crippen LogP contribution in [-0.2, 0) is 10.8 Å². The van der Waals surface area contributed by atoms with E-state index < -0.39 is 22.4 Å². The van der Waals surface area contributed by atoms with Crippen molar-refractivity contribution in [1.29, 1.82) is 0 Å². The Hall–Kier alpha value is -0.810. The smallest absolute Gasteiger partial charge is 0.142 e. The summed E-state index contributed by atoms with van der Waals surface area (Å²) in [7, 11) is -1.54. The maximum atomic E-state index is 13.3. The molecule has 0 spiro atoms. The average molecular weight is 233 g/mol. The lowest BCUT2D eigenvalue weighted by atomic mass is 10.3. The van der Waals surface area contributed by atoms with Gasteiger partial charge in [0.25, 0.3) is 0 Å². The molecule has 0 fully saturated rings. The van der Waals surface area contributed by atoms with Gasteiger partial charge in [0.2, 0.25) is 0 Å². The van der Waals surface area contributed by atoms with Gasteiger partial charge in [-0.3, -0.25) is 4.21 Å². The monoisotopic (exact) mass is 233 g/mol. The van der Waals surface area contributed by atoms with Crippen LogP contribution < -0.4 is 5.73 Å². The SMILES string of the molecule is CC(N)C(C)S(=O)c1ccc(F)cc1F. The van der Waals surface area contributed by atoms with Gasteiger partial charge in [-0.15, -0.1) is 0 Å². The topological polar surface area (TPSA) is 43.1 Å². The van der Waals surface area contributed by atoms with Crippen molar-refractivity contribution in [3.8, 4) is 0 Å². The zero-order valence-electron chi connectivity index (χ0n) is 8.54. The second-order valence-electron chi connectivity index (χ2n) is 3.44. The highest BCUT2D eigenvalue weighted by Crippen LogP contribution is 2.17. The Morgan fingerprint density at radius 3 is 2.40 bits per heavy atom. The second kappa shape index (κ2) is 4.81. The standard InChI is InChI=1S/C10H13F2NOS/c1-6(13)7(2)15(14)10-4-3-8(11)5-9(10)12/h3-7H,13H2,1-2H3. The van der Waals surface area contributed by atoms with Crippen LogP contribution in [0.25, 0.3) is 0 Å². The number of nitrogens with two attached hydrogens (primary N) is 1. The molecule has 1 aromatic rings. The molecule has 0 saturated heterocycles. The molecule has 1 rings (SSSR count). The van der Waals surface area contributed by atoms with E-state index in [-0.39, 0.29) is 16.2 Å². The first-order chi connectivity index (χ1) is 6.93. The number of rotatable bonds is 3. The summed E-state index contributed by atoms with van der Waals surface area (Å²) in [6, 6.07) is 2.70. The highest BCUT2D eigenvalue weighted by atomic mass is 32.2. The summed E-state index contributed by atoms with van der Waals surface area (Å²) in [4.78, 5) is 0.00111. The van der Waals surface area contributed by atoms with Crippen molar-refractivity contribution in [3.63, 3.8) is 0 Å². The quantitative estimate of drug-likeness (QED) is 0.865. The van der Waals surface area contributed by atoms with Gasteiger partial charge < -0.3 is 5.73 Å². The lowest BCUT2D eigenvalue weighted by Crippen LogP contribution is -2.32. The summed E-state index contributed by atoms with van der Waals surface area (Å²) in [5.41, 5.74) is 5.56. The molecule has 84 valence electrons. The van der Waals surface area contributed by atoms with Crippen LogP contribution in [0.4, 0.5) is 8.78 Å². The lowest BCUT2D eigenvalue weighted by molar-refractivity contribution is 0.560. The van der Waals surface area contributed by atoms with E-state index in [1.165, 1.54) is 6.07 Å². The molecule has 0 saturated carbocycles. The van der Waals surface area contributed by atoms with E-state index in [4.69, 9.17) is 5.73 Å². The Morgan fingerprint density at radius 1 is 1.33 bits per heavy atom.